The van der Waals surface area contributed by atoms with Crippen LogP contribution < -0.4 is 21.1 Å². The monoisotopic (exact) mass is 535 g/mol. The van der Waals surface area contributed by atoms with Crippen molar-refractivity contribution < 1.29 is 23.5 Å². The summed E-state index contributed by atoms with van der Waals surface area (Å²) in [4.78, 5) is 41.3. The van der Waals surface area contributed by atoms with Crippen molar-refractivity contribution >= 4 is 35.1 Å². The van der Waals surface area contributed by atoms with Crippen molar-refractivity contribution in [2.45, 2.75) is 45.9 Å². The Balaban J connectivity index is 1.83. The van der Waals surface area contributed by atoms with Crippen LogP contribution in [0.1, 0.15) is 58.0 Å². The van der Waals surface area contributed by atoms with E-state index >= 15 is 0 Å². The van der Waals surface area contributed by atoms with Crippen LogP contribution in [0.5, 0.6) is 5.75 Å². The predicted molar refractivity (Wildman–Crippen MR) is 143 cm³/mol. The second-order valence-electron chi connectivity index (χ2n) is 8.92. The summed E-state index contributed by atoms with van der Waals surface area (Å²) in [6, 6.07) is 10.7. The lowest BCUT2D eigenvalue weighted by Crippen LogP contribution is -2.29. The zero-order valence-corrected chi connectivity index (χ0v) is 21.9. The number of nitrogens with zero attached hydrogens (tertiary/aromatic N) is 4. The number of hydrogen-bond acceptors (Lipinski definition) is 7. The smallest absolute Gasteiger partial charge is 0.276 e. The average molecular weight is 536 g/mol. The van der Waals surface area contributed by atoms with Crippen LogP contribution in [0.2, 0.25) is 0 Å². The lowest BCUT2D eigenvalue weighted by molar-refractivity contribution is -0.108. The molecule has 12 heteroatoms. The van der Waals surface area contributed by atoms with Crippen LogP contribution in [0.3, 0.4) is 0 Å². The van der Waals surface area contributed by atoms with Crippen LogP contribution in [0, 0.1) is 12.7 Å². The molecule has 0 bridgehead atoms. The van der Waals surface area contributed by atoms with E-state index in [4.69, 9.17) is 10.5 Å². The molecule has 0 aliphatic heterocycles. The van der Waals surface area contributed by atoms with Gasteiger partial charge in [-0.3, -0.25) is 29.5 Å². The topological polar surface area (TPSA) is 146 Å². The van der Waals surface area contributed by atoms with Gasteiger partial charge in [-0.15, -0.1) is 0 Å². The van der Waals surface area contributed by atoms with Gasteiger partial charge in [-0.2, -0.15) is 5.10 Å². The number of aromatic nitrogens is 4. The molecule has 1 atom stereocenters. The fourth-order valence-electron chi connectivity index (χ4n) is 4.41. The summed E-state index contributed by atoms with van der Waals surface area (Å²) in [6.45, 7) is 4.50. The van der Waals surface area contributed by atoms with E-state index < -0.39 is 18.0 Å². The highest BCUT2D eigenvalue weighted by Crippen LogP contribution is 2.34. The molecule has 0 aliphatic rings. The summed E-state index contributed by atoms with van der Waals surface area (Å²) in [6.07, 6.45) is 0.796. The Labute approximate surface area is 224 Å². The molecule has 4 N–H and O–H groups in total. The fourth-order valence-corrected chi connectivity index (χ4v) is 4.41. The van der Waals surface area contributed by atoms with E-state index in [0.29, 0.717) is 47.7 Å². The molecule has 2 heterocycles. The Morgan fingerprint density at radius 1 is 1.21 bits per heavy atom. The van der Waals surface area contributed by atoms with Crippen LogP contribution in [-0.4, -0.2) is 44.5 Å². The van der Waals surface area contributed by atoms with Crippen LogP contribution in [0.15, 0.2) is 42.5 Å². The standard InChI is InChI=1S/C27H30FN7O4/c1-4-34-21(12-16(2)33-34)26(38)32-27-31-20-13-18(25(29)37)14-22(39-3)24(20)35(27)23(6-5-11-36)30-15-17-7-9-19(28)10-8-17/h7-14,23,30H,4-6,15H2,1-3H3,(H2,29,37)(H,31,32,38). The van der Waals surface area contributed by atoms with Gasteiger partial charge < -0.3 is 15.3 Å². The predicted octanol–water partition coefficient (Wildman–Crippen LogP) is 3.33. The average Bonchev–Trinajstić information content (AvgIpc) is 3.48. The third-order valence-corrected chi connectivity index (χ3v) is 6.24. The summed E-state index contributed by atoms with van der Waals surface area (Å²) in [5, 5.41) is 10.6. The first-order valence-electron chi connectivity index (χ1n) is 12.4. The SMILES string of the molecule is CCn1nc(C)cc1C(=O)Nc1nc2cc(C(N)=O)cc(OC)c2n1C(CCC=O)NCc1ccc(F)cc1. The number of imidazole rings is 1. The number of amides is 2. The van der Waals surface area contributed by atoms with E-state index in [0.717, 1.165) is 11.8 Å². The first kappa shape index (κ1) is 27.5. The van der Waals surface area contributed by atoms with Gasteiger partial charge in [0.25, 0.3) is 5.91 Å². The molecule has 4 rings (SSSR count). The molecular weight excluding hydrogens is 505 g/mol. The second kappa shape index (κ2) is 11.9. The number of hydrogen-bond donors (Lipinski definition) is 3. The van der Waals surface area contributed by atoms with Gasteiger partial charge in [0, 0.05) is 25.1 Å². The number of anilines is 1. The Hall–Kier alpha value is -4.58. The van der Waals surface area contributed by atoms with Crippen molar-refractivity contribution in [3.8, 4) is 5.75 Å². The Morgan fingerprint density at radius 2 is 1.95 bits per heavy atom. The summed E-state index contributed by atoms with van der Waals surface area (Å²) < 4.78 is 22.3. The molecule has 2 aromatic heterocycles. The molecule has 0 saturated heterocycles. The molecule has 0 saturated carbocycles. The van der Waals surface area contributed by atoms with Crippen molar-refractivity contribution in [2.24, 2.45) is 5.73 Å². The Morgan fingerprint density at radius 3 is 2.59 bits per heavy atom. The first-order chi connectivity index (χ1) is 18.7. The highest BCUT2D eigenvalue weighted by Gasteiger charge is 2.25. The number of halogens is 1. The molecule has 4 aromatic rings. The number of carbonyl (C=O) groups is 3. The van der Waals surface area contributed by atoms with Gasteiger partial charge in [-0.1, -0.05) is 12.1 Å². The molecule has 2 aromatic carbocycles. The summed E-state index contributed by atoms with van der Waals surface area (Å²) in [5.74, 6) is -0.971. The minimum Gasteiger partial charge on any atom is -0.494 e. The van der Waals surface area contributed by atoms with Gasteiger partial charge in [-0.25, -0.2) is 9.37 Å². The molecule has 204 valence electrons. The third kappa shape index (κ3) is 5.96. The summed E-state index contributed by atoms with van der Waals surface area (Å²) >= 11 is 0. The number of aryl methyl sites for hydroxylation is 2. The number of nitrogens with one attached hydrogen (secondary N) is 2. The molecule has 0 fully saturated rings. The lowest BCUT2D eigenvalue weighted by Gasteiger charge is -2.23. The van der Waals surface area contributed by atoms with E-state index in [2.05, 4.69) is 20.7 Å². The molecule has 39 heavy (non-hydrogen) atoms. The number of nitrogens with two attached hydrogens (primary N) is 1. The number of fused-ring (bicyclic) bond motifs is 1. The summed E-state index contributed by atoms with van der Waals surface area (Å²) in [5.41, 5.74) is 8.41. The van der Waals surface area contributed by atoms with Gasteiger partial charge >= 0.3 is 0 Å². The van der Waals surface area contributed by atoms with Gasteiger partial charge in [0.2, 0.25) is 11.9 Å². The second-order valence-corrected chi connectivity index (χ2v) is 8.92. The quantitative estimate of drug-likeness (QED) is 0.236. The van der Waals surface area contributed by atoms with Crippen molar-refractivity contribution in [1.29, 1.82) is 0 Å². The number of rotatable bonds is 12. The normalized spacial score (nSPS) is 11.9. The van der Waals surface area contributed by atoms with Crippen LogP contribution in [-0.2, 0) is 17.9 Å². The molecule has 0 radical (unpaired) electrons. The van der Waals surface area contributed by atoms with Crippen molar-refractivity contribution in [1.82, 2.24) is 24.6 Å². The van der Waals surface area contributed by atoms with Crippen LogP contribution >= 0.6 is 0 Å². The Bertz CT molecular complexity index is 1510. The zero-order chi connectivity index (χ0) is 28.1. The van der Waals surface area contributed by atoms with Crippen molar-refractivity contribution in [3.05, 3.63) is 70.8 Å². The van der Waals surface area contributed by atoms with E-state index in [1.165, 1.54) is 31.4 Å². The van der Waals surface area contributed by atoms with Crippen molar-refractivity contribution in [3.63, 3.8) is 0 Å². The molecular formula is C27H30FN7O4. The fraction of sp³-hybridized carbons (Fsp3) is 0.296. The maximum atomic E-state index is 13.4. The molecule has 1 unspecified atom stereocenters. The molecule has 2 amide bonds. The number of carbonyl (C=O) groups excluding carboxylic acids is 3. The van der Waals surface area contributed by atoms with E-state index in [1.807, 2.05) is 6.92 Å². The van der Waals surface area contributed by atoms with Crippen LogP contribution in [0.4, 0.5) is 10.3 Å². The highest BCUT2D eigenvalue weighted by atomic mass is 19.1. The third-order valence-electron chi connectivity index (χ3n) is 6.24. The largest absolute Gasteiger partial charge is 0.494 e. The van der Waals surface area contributed by atoms with E-state index in [1.54, 1.807) is 34.4 Å². The number of primary amides is 1. The maximum Gasteiger partial charge on any atom is 0.276 e. The molecule has 0 aliphatic carbocycles. The van der Waals surface area contributed by atoms with Gasteiger partial charge in [0.05, 0.1) is 24.5 Å². The Kier molecular flexibility index (Phi) is 8.35. The molecule has 0 spiro atoms. The zero-order valence-electron chi connectivity index (χ0n) is 21.9. The van der Waals surface area contributed by atoms with Crippen molar-refractivity contribution in [2.75, 3.05) is 12.4 Å². The molecule has 11 nitrogen and oxygen atoms in total. The number of aldehydes is 1. The number of benzene rings is 2. The first-order valence-corrected chi connectivity index (χ1v) is 12.4. The maximum absolute atomic E-state index is 13.4. The minimum atomic E-state index is -0.662. The van der Waals surface area contributed by atoms with Gasteiger partial charge in [0.1, 0.15) is 29.1 Å². The van der Waals surface area contributed by atoms with E-state index in [-0.39, 0.29) is 23.7 Å². The number of ether oxygens (including phenoxy) is 1. The highest BCUT2D eigenvalue weighted by molar-refractivity contribution is 6.04. The van der Waals surface area contributed by atoms with E-state index in [9.17, 15) is 18.8 Å². The van der Waals surface area contributed by atoms with Gasteiger partial charge in [-0.05, 0) is 56.2 Å². The lowest BCUT2D eigenvalue weighted by atomic mass is 10.1. The minimum absolute atomic E-state index is 0.166. The summed E-state index contributed by atoms with van der Waals surface area (Å²) in [7, 11) is 1.45. The number of methoxy groups -OCH3 is 1. The van der Waals surface area contributed by atoms with Crippen LogP contribution in [0.25, 0.3) is 11.0 Å². The van der Waals surface area contributed by atoms with Gasteiger partial charge in [0.15, 0.2) is 0 Å².